The SMILES string of the molecule is CN(C)CCCNC(C(=O)O)c1cn(CC(=O)O)c2cc(F)ccc12. The lowest BCUT2D eigenvalue weighted by Gasteiger charge is -2.15. The molecule has 0 amide bonds. The summed E-state index contributed by atoms with van der Waals surface area (Å²) in [6.45, 7) is 0.931. The molecular formula is C17H22FN3O4. The van der Waals surface area contributed by atoms with Crippen LogP contribution in [-0.2, 0) is 16.1 Å². The number of carboxylic acid groups (broad SMARTS) is 2. The predicted octanol–water partition coefficient (Wildman–Crippen LogP) is 1.53. The molecule has 0 saturated heterocycles. The first-order valence-corrected chi connectivity index (χ1v) is 7.90. The highest BCUT2D eigenvalue weighted by Crippen LogP contribution is 2.28. The van der Waals surface area contributed by atoms with E-state index in [9.17, 15) is 19.1 Å². The molecule has 136 valence electrons. The molecule has 7 nitrogen and oxygen atoms in total. The van der Waals surface area contributed by atoms with E-state index in [0.717, 1.165) is 13.0 Å². The number of carboxylic acids is 2. The average molecular weight is 351 g/mol. The van der Waals surface area contributed by atoms with Crippen LogP contribution in [0.2, 0.25) is 0 Å². The molecule has 1 heterocycles. The summed E-state index contributed by atoms with van der Waals surface area (Å²) in [4.78, 5) is 24.7. The van der Waals surface area contributed by atoms with E-state index >= 15 is 0 Å². The van der Waals surface area contributed by atoms with Gasteiger partial charge in [-0.2, -0.15) is 0 Å². The maximum absolute atomic E-state index is 13.5. The monoisotopic (exact) mass is 351 g/mol. The summed E-state index contributed by atoms with van der Waals surface area (Å²) in [5.74, 6) is -2.66. The largest absolute Gasteiger partial charge is 0.480 e. The highest BCUT2D eigenvalue weighted by atomic mass is 19.1. The standard InChI is InChI=1S/C17H22FN3O4/c1-20(2)7-3-6-19-16(17(24)25)13-9-21(10-15(22)23)14-8-11(18)4-5-12(13)14/h4-5,8-9,16,19H,3,6-7,10H2,1-2H3,(H,22,23)(H,24,25). The lowest BCUT2D eigenvalue weighted by atomic mass is 10.1. The van der Waals surface area contributed by atoms with Crippen molar-refractivity contribution < 1.29 is 24.2 Å². The van der Waals surface area contributed by atoms with E-state index in [1.54, 1.807) is 0 Å². The van der Waals surface area contributed by atoms with Crippen LogP contribution in [0.4, 0.5) is 4.39 Å². The van der Waals surface area contributed by atoms with Crippen LogP contribution in [0.3, 0.4) is 0 Å². The Morgan fingerprint density at radius 1 is 1.32 bits per heavy atom. The van der Waals surface area contributed by atoms with Crippen molar-refractivity contribution in [1.82, 2.24) is 14.8 Å². The molecule has 0 saturated carbocycles. The molecule has 2 rings (SSSR count). The fraction of sp³-hybridized carbons (Fsp3) is 0.412. The lowest BCUT2D eigenvalue weighted by molar-refractivity contribution is -0.139. The van der Waals surface area contributed by atoms with Crippen molar-refractivity contribution in [3.8, 4) is 0 Å². The molecule has 0 aliphatic rings. The van der Waals surface area contributed by atoms with E-state index < -0.39 is 23.8 Å². The van der Waals surface area contributed by atoms with E-state index in [1.165, 1.54) is 29.0 Å². The second kappa shape index (κ2) is 8.09. The van der Waals surface area contributed by atoms with Gasteiger partial charge in [-0.15, -0.1) is 0 Å². The minimum Gasteiger partial charge on any atom is -0.480 e. The Morgan fingerprint density at radius 2 is 2.04 bits per heavy atom. The number of aliphatic carboxylic acids is 2. The Balaban J connectivity index is 2.35. The third-order valence-electron chi connectivity index (χ3n) is 3.87. The van der Waals surface area contributed by atoms with Gasteiger partial charge in [0.05, 0.1) is 5.52 Å². The lowest BCUT2D eigenvalue weighted by Crippen LogP contribution is -2.30. The van der Waals surface area contributed by atoms with Crippen LogP contribution in [0.5, 0.6) is 0 Å². The molecule has 0 fully saturated rings. The molecule has 3 N–H and O–H groups in total. The quantitative estimate of drug-likeness (QED) is 0.593. The van der Waals surface area contributed by atoms with E-state index in [2.05, 4.69) is 5.32 Å². The number of hydrogen-bond donors (Lipinski definition) is 3. The average Bonchev–Trinajstić information content (AvgIpc) is 2.83. The predicted molar refractivity (Wildman–Crippen MR) is 91.1 cm³/mol. The molecule has 8 heteroatoms. The molecule has 1 atom stereocenters. The van der Waals surface area contributed by atoms with Crippen LogP contribution < -0.4 is 5.32 Å². The van der Waals surface area contributed by atoms with Crippen molar-refractivity contribution >= 4 is 22.8 Å². The number of halogens is 1. The second-order valence-corrected chi connectivity index (χ2v) is 6.15. The molecule has 0 spiro atoms. The summed E-state index contributed by atoms with van der Waals surface area (Å²) in [7, 11) is 3.87. The maximum Gasteiger partial charge on any atom is 0.325 e. The van der Waals surface area contributed by atoms with Gasteiger partial charge in [0, 0.05) is 17.1 Å². The maximum atomic E-state index is 13.5. The number of nitrogens with one attached hydrogen (secondary N) is 1. The number of hydrogen-bond acceptors (Lipinski definition) is 4. The van der Waals surface area contributed by atoms with E-state index in [-0.39, 0.29) is 6.54 Å². The highest BCUT2D eigenvalue weighted by Gasteiger charge is 2.24. The van der Waals surface area contributed by atoms with E-state index in [0.29, 0.717) is 23.0 Å². The van der Waals surface area contributed by atoms with Gasteiger partial charge in [0.1, 0.15) is 18.4 Å². The van der Waals surface area contributed by atoms with Gasteiger partial charge in [0.15, 0.2) is 0 Å². The Labute approximate surface area is 144 Å². The van der Waals surface area contributed by atoms with Gasteiger partial charge in [-0.25, -0.2) is 4.39 Å². The van der Waals surface area contributed by atoms with Crippen LogP contribution in [0.1, 0.15) is 18.0 Å². The van der Waals surface area contributed by atoms with Gasteiger partial charge in [-0.1, -0.05) is 0 Å². The molecule has 25 heavy (non-hydrogen) atoms. The summed E-state index contributed by atoms with van der Waals surface area (Å²) in [5.41, 5.74) is 0.785. The molecular weight excluding hydrogens is 329 g/mol. The van der Waals surface area contributed by atoms with Crippen LogP contribution in [0, 0.1) is 5.82 Å². The van der Waals surface area contributed by atoms with Gasteiger partial charge >= 0.3 is 11.9 Å². The molecule has 0 bridgehead atoms. The van der Waals surface area contributed by atoms with Gasteiger partial charge in [-0.3, -0.25) is 9.59 Å². The summed E-state index contributed by atoms with van der Waals surface area (Å²) >= 11 is 0. The number of aromatic nitrogens is 1. The summed E-state index contributed by atoms with van der Waals surface area (Å²) in [6, 6.07) is 2.94. The first kappa shape index (κ1) is 18.9. The van der Waals surface area contributed by atoms with Crippen molar-refractivity contribution in [3.05, 3.63) is 35.8 Å². The van der Waals surface area contributed by atoms with Gasteiger partial charge in [-0.05, 0) is 51.8 Å². The van der Waals surface area contributed by atoms with Crippen LogP contribution in [-0.4, -0.2) is 58.8 Å². The highest BCUT2D eigenvalue weighted by molar-refractivity contribution is 5.90. The molecule has 2 aromatic rings. The fourth-order valence-corrected chi connectivity index (χ4v) is 2.77. The fourth-order valence-electron chi connectivity index (χ4n) is 2.77. The number of fused-ring (bicyclic) bond motifs is 1. The van der Waals surface area contributed by atoms with Crippen molar-refractivity contribution in [3.63, 3.8) is 0 Å². The normalized spacial score (nSPS) is 12.6. The van der Waals surface area contributed by atoms with Crippen LogP contribution in [0.15, 0.2) is 24.4 Å². The van der Waals surface area contributed by atoms with Crippen LogP contribution >= 0.6 is 0 Å². The van der Waals surface area contributed by atoms with Gasteiger partial charge in [0.2, 0.25) is 0 Å². The molecule has 1 aromatic carbocycles. The molecule has 1 unspecified atom stereocenters. The van der Waals surface area contributed by atoms with E-state index in [1.807, 2.05) is 19.0 Å². The number of nitrogens with zero attached hydrogens (tertiary/aromatic N) is 2. The zero-order chi connectivity index (χ0) is 18.6. The third-order valence-corrected chi connectivity index (χ3v) is 3.87. The number of carbonyl (C=O) groups is 2. The summed E-state index contributed by atoms with van der Waals surface area (Å²) in [6.07, 6.45) is 2.23. The molecule has 0 aliphatic carbocycles. The Kier molecular flexibility index (Phi) is 6.11. The van der Waals surface area contributed by atoms with Crippen LogP contribution in [0.25, 0.3) is 10.9 Å². The van der Waals surface area contributed by atoms with Crippen molar-refractivity contribution in [2.24, 2.45) is 0 Å². The summed E-state index contributed by atoms with van der Waals surface area (Å²) in [5, 5.41) is 22.1. The van der Waals surface area contributed by atoms with Gasteiger partial charge in [0.25, 0.3) is 0 Å². The first-order chi connectivity index (χ1) is 11.8. The minimum atomic E-state index is -1.08. The zero-order valence-electron chi connectivity index (χ0n) is 14.2. The molecule has 1 aromatic heterocycles. The smallest absolute Gasteiger partial charge is 0.325 e. The van der Waals surface area contributed by atoms with Gasteiger partial charge < -0.3 is 25.0 Å². The topological polar surface area (TPSA) is 94.8 Å². The molecule has 0 aliphatic heterocycles. The number of rotatable bonds is 9. The van der Waals surface area contributed by atoms with Crippen molar-refractivity contribution in [1.29, 1.82) is 0 Å². The first-order valence-electron chi connectivity index (χ1n) is 7.90. The minimum absolute atomic E-state index is 0.360. The zero-order valence-corrected chi connectivity index (χ0v) is 14.2. The third kappa shape index (κ3) is 4.77. The Hall–Kier alpha value is -2.45. The number of benzene rings is 1. The molecule has 0 radical (unpaired) electrons. The Morgan fingerprint density at radius 3 is 2.64 bits per heavy atom. The Bertz CT molecular complexity index is 773. The van der Waals surface area contributed by atoms with Crippen molar-refractivity contribution in [2.45, 2.75) is 19.0 Å². The second-order valence-electron chi connectivity index (χ2n) is 6.15. The van der Waals surface area contributed by atoms with Crippen molar-refractivity contribution in [2.75, 3.05) is 27.2 Å². The summed E-state index contributed by atoms with van der Waals surface area (Å²) < 4.78 is 14.9. The van der Waals surface area contributed by atoms with E-state index in [4.69, 9.17) is 5.11 Å².